The molecule has 0 aliphatic carbocycles. The van der Waals surface area contributed by atoms with E-state index in [0.717, 1.165) is 0 Å². The second-order valence-electron chi connectivity index (χ2n) is 0.144. The maximum absolute atomic E-state index is 9.23. The van der Waals surface area contributed by atoms with Gasteiger partial charge in [0.15, 0.2) is 0 Å². The Morgan fingerprint density at radius 3 is 2.25 bits per heavy atom. The molecular formula is HIOS2. The van der Waals surface area contributed by atoms with Crippen molar-refractivity contribution in [2.24, 2.45) is 0 Å². The molecule has 0 amide bonds. The van der Waals surface area contributed by atoms with E-state index in [1.54, 1.807) is 0 Å². The second-order valence-corrected chi connectivity index (χ2v) is 4.84. The van der Waals surface area contributed by atoms with E-state index in [0.29, 0.717) is 0 Å². The van der Waals surface area contributed by atoms with E-state index in [2.05, 4.69) is 0 Å². The average Bonchev–Trinajstić information content (AvgIpc) is 1.37. The summed E-state index contributed by atoms with van der Waals surface area (Å²) in [5.74, 6) is 0. The van der Waals surface area contributed by atoms with Crippen molar-refractivity contribution in [3.8, 4) is 0 Å². The van der Waals surface area contributed by atoms with Crippen molar-refractivity contribution in [1.29, 1.82) is 0 Å². The summed E-state index contributed by atoms with van der Waals surface area (Å²) in [5, 5.41) is 0. The molecule has 0 aromatic carbocycles. The Bertz CT molecular complexity index is 20.0. The van der Waals surface area contributed by atoms with Crippen molar-refractivity contribution < 1.29 is 4.21 Å². The van der Waals surface area contributed by atoms with Crippen molar-refractivity contribution in [2.45, 2.75) is 0 Å². The largest absolute Gasteiger partial charge is 0.250 e. The van der Waals surface area contributed by atoms with Crippen LogP contribution >= 0.6 is 29.2 Å². The molecule has 0 saturated heterocycles. The summed E-state index contributed by atoms with van der Waals surface area (Å²) >= 11 is 1.94. The molecule has 0 radical (unpaired) electrons. The van der Waals surface area contributed by atoms with Gasteiger partial charge in [0.25, 0.3) is 0 Å². The zero-order valence-electron chi connectivity index (χ0n) is 1.64. The number of thiol groups is 1. The normalized spacial score (nSPS) is 7.25. The SMILES string of the molecule is O=[SH]SI. The van der Waals surface area contributed by atoms with E-state index < -0.39 is 0 Å². The predicted molar refractivity (Wildman–Crippen MR) is 31.1 cm³/mol. The van der Waals surface area contributed by atoms with Gasteiger partial charge in [-0.1, -0.05) is 0 Å². The third-order valence-corrected chi connectivity index (χ3v) is 1.70. The van der Waals surface area contributed by atoms with Crippen LogP contribution in [0.25, 0.3) is 0 Å². The Morgan fingerprint density at radius 1 is 2.00 bits per heavy atom. The minimum absolute atomic E-state index is 0.152. The van der Waals surface area contributed by atoms with Crippen LogP contribution in [0.3, 0.4) is 0 Å². The second kappa shape index (κ2) is 4.23. The molecule has 0 unspecified atom stereocenters. The van der Waals surface area contributed by atoms with Crippen LogP contribution in [0, 0.1) is 0 Å². The van der Waals surface area contributed by atoms with Crippen molar-refractivity contribution in [3.05, 3.63) is 0 Å². The van der Waals surface area contributed by atoms with Gasteiger partial charge in [0, 0.05) is 29.2 Å². The molecule has 0 rings (SSSR count). The summed E-state index contributed by atoms with van der Waals surface area (Å²) in [6, 6.07) is 0. The van der Waals surface area contributed by atoms with Gasteiger partial charge in [0.2, 0.25) is 0 Å². The molecule has 0 aromatic rings. The van der Waals surface area contributed by atoms with Crippen LogP contribution in [0.15, 0.2) is 0 Å². The fraction of sp³-hybridized carbons (Fsp3) is 0. The molecule has 4 heavy (non-hydrogen) atoms. The Hall–Kier alpha value is 1.23. The highest BCUT2D eigenvalue weighted by molar-refractivity contribution is 14.2. The summed E-state index contributed by atoms with van der Waals surface area (Å²) in [6.07, 6.45) is 0. The molecular weight excluding hydrogens is 207 g/mol. The van der Waals surface area contributed by atoms with Gasteiger partial charge in [0.1, 0.15) is 0 Å². The van der Waals surface area contributed by atoms with E-state index in [9.17, 15) is 4.21 Å². The summed E-state index contributed by atoms with van der Waals surface area (Å²) < 4.78 is 9.23. The molecule has 0 heterocycles. The van der Waals surface area contributed by atoms with Crippen molar-refractivity contribution in [3.63, 3.8) is 0 Å². The van der Waals surface area contributed by atoms with Gasteiger partial charge in [-0.3, -0.25) is 4.21 Å². The van der Waals surface area contributed by atoms with Gasteiger partial charge in [0.05, 0.1) is 10.7 Å². The molecule has 4 heteroatoms. The van der Waals surface area contributed by atoms with Crippen LogP contribution in [-0.4, -0.2) is 4.21 Å². The Kier molecular flexibility index (Phi) is 5.53. The summed E-state index contributed by atoms with van der Waals surface area (Å²) in [7, 11) is 1.39. The van der Waals surface area contributed by atoms with Crippen LogP contribution in [0.1, 0.15) is 0 Å². The van der Waals surface area contributed by atoms with Gasteiger partial charge >= 0.3 is 0 Å². The first-order valence-electron chi connectivity index (χ1n) is 0.519. The number of hydrogen-bond donors (Lipinski definition) is 1. The first-order valence-corrected chi connectivity index (χ1v) is 5.30. The van der Waals surface area contributed by atoms with Gasteiger partial charge in [-0.05, 0) is 0 Å². The summed E-state index contributed by atoms with van der Waals surface area (Å²) in [4.78, 5) is 0. The Morgan fingerprint density at radius 2 is 2.25 bits per heavy atom. The van der Waals surface area contributed by atoms with E-state index in [1.165, 1.54) is 7.97 Å². The van der Waals surface area contributed by atoms with Crippen LogP contribution in [-0.2, 0) is 10.7 Å². The van der Waals surface area contributed by atoms with Crippen molar-refractivity contribution >= 4 is 39.9 Å². The van der Waals surface area contributed by atoms with Crippen LogP contribution in [0.4, 0.5) is 0 Å². The highest BCUT2D eigenvalue weighted by Gasteiger charge is 1.53. The van der Waals surface area contributed by atoms with E-state index in [1.807, 2.05) is 21.2 Å². The number of rotatable bonds is 1. The monoisotopic (exact) mass is 208 g/mol. The van der Waals surface area contributed by atoms with Crippen molar-refractivity contribution in [2.75, 3.05) is 0 Å². The number of halogens is 1. The molecule has 0 aliphatic heterocycles. The first-order chi connectivity index (χ1) is 1.91. The van der Waals surface area contributed by atoms with Gasteiger partial charge in [-0.15, -0.1) is 0 Å². The lowest BCUT2D eigenvalue weighted by Crippen LogP contribution is -1.25. The topological polar surface area (TPSA) is 17.1 Å². The molecule has 0 saturated carbocycles. The summed E-state index contributed by atoms with van der Waals surface area (Å²) in [6.45, 7) is 0. The smallest absolute Gasteiger partial charge is 0.0775 e. The van der Waals surface area contributed by atoms with Gasteiger partial charge in [-0.25, -0.2) is 0 Å². The first kappa shape index (κ1) is 5.23. The lowest BCUT2D eigenvalue weighted by atomic mass is 16.0. The highest BCUT2D eigenvalue weighted by Crippen LogP contribution is 2.05. The third-order valence-electron chi connectivity index (χ3n) is 0.0282. The van der Waals surface area contributed by atoms with E-state index >= 15 is 0 Å². The van der Waals surface area contributed by atoms with Gasteiger partial charge in [-0.2, -0.15) is 0 Å². The fourth-order valence-electron chi connectivity index (χ4n) is 0. The minimum atomic E-state index is 0.152. The molecule has 0 atom stereocenters. The quantitative estimate of drug-likeness (QED) is 0.392. The molecule has 0 aromatic heterocycles. The predicted octanol–water partition coefficient (Wildman–Crippen LogP) is 0.930. The minimum Gasteiger partial charge on any atom is -0.250 e. The molecule has 0 N–H and O–H groups in total. The Balaban J connectivity index is 2.30. The highest BCUT2D eigenvalue weighted by atomic mass is 127. The Labute approximate surface area is 44.0 Å². The standard InChI is InChI=1S/HIOS2/c1-3-4-2/h4H. The van der Waals surface area contributed by atoms with Crippen molar-refractivity contribution in [1.82, 2.24) is 0 Å². The average molecular weight is 208 g/mol. The van der Waals surface area contributed by atoms with E-state index in [4.69, 9.17) is 0 Å². The molecule has 0 aliphatic rings. The summed E-state index contributed by atoms with van der Waals surface area (Å²) in [5.41, 5.74) is 0. The van der Waals surface area contributed by atoms with Crippen LogP contribution in [0.5, 0.6) is 0 Å². The zero-order chi connectivity index (χ0) is 3.41. The molecule has 26 valence electrons. The lowest BCUT2D eigenvalue weighted by molar-refractivity contribution is 0.701. The molecule has 0 fully saturated rings. The maximum atomic E-state index is 9.23. The third kappa shape index (κ3) is 3.23. The maximum Gasteiger partial charge on any atom is 0.0775 e. The molecule has 0 bridgehead atoms. The molecule has 0 spiro atoms. The number of hydrogen-bond acceptors (Lipinski definition) is 2. The van der Waals surface area contributed by atoms with Crippen LogP contribution < -0.4 is 0 Å². The zero-order valence-corrected chi connectivity index (χ0v) is 5.51. The van der Waals surface area contributed by atoms with Gasteiger partial charge < -0.3 is 0 Å². The fourth-order valence-corrected chi connectivity index (χ4v) is 0. The lowest BCUT2D eigenvalue weighted by Gasteiger charge is -1.50. The van der Waals surface area contributed by atoms with Crippen LogP contribution in [0.2, 0.25) is 0 Å². The molecule has 1 nitrogen and oxygen atoms in total. The van der Waals surface area contributed by atoms with E-state index in [-0.39, 0.29) is 10.7 Å².